The lowest BCUT2D eigenvalue weighted by Gasteiger charge is -2.16. The molecule has 2 rings (SSSR count). The molecule has 0 atom stereocenters. The maximum Gasteiger partial charge on any atom is 0.191 e. The monoisotopic (exact) mass is 484 g/mol. The van der Waals surface area contributed by atoms with Gasteiger partial charge in [-0.1, -0.05) is 12.1 Å². The second kappa shape index (κ2) is 11.5. The maximum absolute atomic E-state index is 5.43. The highest BCUT2D eigenvalue weighted by atomic mass is 127. The van der Waals surface area contributed by atoms with Gasteiger partial charge in [0.05, 0.1) is 14.2 Å². The molecular weight excluding hydrogens is 455 g/mol. The van der Waals surface area contributed by atoms with E-state index in [1.165, 1.54) is 11.3 Å². The fourth-order valence-corrected chi connectivity index (χ4v) is 2.53. The summed E-state index contributed by atoms with van der Waals surface area (Å²) >= 11 is 0. The lowest BCUT2D eigenvalue weighted by atomic mass is 10.2. The Balaban J connectivity index is 0.00000364. The van der Waals surface area contributed by atoms with E-state index >= 15 is 0 Å². The van der Waals surface area contributed by atoms with E-state index in [1.807, 2.05) is 32.3 Å². The highest BCUT2D eigenvalue weighted by molar-refractivity contribution is 14.0. The van der Waals surface area contributed by atoms with Gasteiger partial charge in [0, 0.05) is 51.5 Å². The number of anilines is 1. The summed E-state index contributed by atoms with van der Waals surface area (Å²) < 4.78 is 10.7. The molecule has 0 saturated carbocycles. The van der Waals surface area contributed by atoms with E-state index in [0.29, 0.717) is 13.1 Å². The Labute approximate surface area is 179 Å². The number of ether oxygens (including phenoxy) is 2. The minimum atomic E-state index is 0. The molecule has 0 aliphatic heterocycles. The molecular formula is C20H29IN4O2. The Morgan fingerprint density at radius 2 is 1.74 bits per heavy atom. The Hall–Kier alpha value is -2.16. The van der Waals surface area contributed by atoms with E-state index < -0.39 is 0 Å². The van der Waals surface area contributed by atoms with Crippen LogP contribution >= 0.6 is 24.0 Å². The predicted octanol–water partition coefficient (Wildman–Crippen LogP) is 3.25. The molecule has 0 amide bonds. The zero-order valence-corrected chi connectivity index (χ0v) is 18.9. The first-order valence-electron chi connectivity index (χ1n) is 8.49. The summed E-state index contributed by atoms with van der Waals surface area (Å²) in [5.74, 6) is 2.29. The largest absolute Gasteiger partial charge is 0.497 e. The van der Waals surface area contributed by atoms with E-state index in [4.69, 9.17) is 9.47 Å². The van der Waals surface area contributed by atoms with E-state index in [2.05, 4.69) is 44.8 Å². The van der Waals surface area contributed by atoms with Crippen LogP contribution in [0.1, 0.15) is 11.1 Å². The molecule has 0 fully saturated rings. The van der Waals surface area contributed by atoms with Crippen molar-refractivity contribution in [2.45, 2.75) is 13.1 Å². The number of methoxy groups -OCH3 is 2. The van der Waals surface area contributed by atoms with Gasteiger partial charge >= 0.3 is 0 Å². The predicted molar refractivity (Wildman–Crippen MR) is 123 cm³/mol. The maximum atomic E-state index is 5.43. The molecule has 7 heteroatoms. The molecule has 0 bridgehead atoms. The zero-order valence-electron chi connectivity index (χ0n) is 16.6. The summed E-state index contributed by atoms with van der Waals surface area (Å²) in [6, 6.07) is 14.2. The third-order valence-electron chi connectivity index (χ3n) is 4.05. The Morgan fingerprint density at radius 1 is 1.00 bits per heavy atom. The molecule has 0 aliphatic rings. The van der Waals surface area contributed by atoms with E-state index in [9.17, 15) is 0 Å². The summed E-state index contributed by atoms with van der Waals surface area (Å²) in [4.78, 5) is 6.37. The number of nitrogens with zero attached hydrogens (tertiary/aromatic N) is 2. The number of nitrogens with one attached hydrogen (secondary N) is 2. The van der Waals surface area contributed by atoms with Gasteiger partial charge in [0.2, 0.25) is 0 Å². The van der Waals surface area contributed by atoms with Crippen LogP contribution in [0, 0.1) is 0 Å². The Bertz CT molecular complexity index is 751. The molecule has 0 aromatic heterocycles. The smallest absolute Gasteiger partial charge is 0.191 e. The highest BCUT2D eigenvalue weighted by Crippen LogP contribution is 2.24. The number of guanidine groups is 1. The fourth-order valence-electron chi connectivity index (χ4n) is 2.53. The van der Waals surface area contributed by atoms with Crippen LogP contribution in [0.15, 0.2) is 47.5 Å². The van der Waals surface area contributed by atoms with Gasteiger partial charge in [-0.15, -0.1) is 24.0 Å². The first-order valence-corrected chi connectivity index (χ1v) is 8.49. The first-order chi connectivity index (χ1) is 12.6. The van der Waals surface area contributed by atoms with Gasteiger partial charge in [-0.3, -0.25) is 4.99 Å². The van der Waals surface area contributed by atoms with Gasteiger partial charge in [0.25, 0.3) is 0 Å². The summed E-state index contributed by atoms with van der Waals surface area (Å²) in [5.41, 5.74) is 3.40. The zero-order chi connectivity index (χ0) is 18.9. The molecule has 0 unspecified atom stereocenters. The number of aliphatic imine (C=N–C) groups is 1. The second-order valence-corrected chi connectivity index (χ2v) is 6.02. The van der Waals surface area contributed by atoms with Crippen molar-refractivity contribution in [1.29, 1.82) is 0 Å². The molecule has 0 spiro atoms. The number of hydrogen-bond acceptors (Lipinski definition) is 4. The topological polar surface area (TPSA) is 58.1 Å². The highest BCUT2D eigenvalue weighted by Gasteiger charge is 2.06. The lowest BCUT2D eigenvalue weighted by Crippen LogP contribution is -2.36. The van der Waals surface area contributed by atoms with Crippen molar-refractivity contribution in [1.82, 2.24) is 10.6 Å². The molecule has 148 valence electrons. The molecule has 2 aromatic carbocycles. The molecule has 0 radical (unpaired) electrons. The Morgan fingerprint density at radius 3 is 2.37 bits per heavy atom. The molecule has 0 heterocycles. The first kappa shape index (κ1) is 22.9. The quantitative estimate of drug-likeness (QED) is 0.359. The van der Waals surface area contributed by atoms with Crippen molar-refractivity contribution in [3.05, 3.63) is 53.6 Å². The third kappa shape index (κ3) is 6.82. The molecule has 2 N–H and O–H groups in total. The van der Waals surface area contributed by atoms with Crippen LogP contribution in [0.2, 0.25) is 0 Å². The van der Waals surface area contributed by atoms with Crippen LogP contribution in [0.25, 0.3) is 0 Å². The van der Waals surface area contributed by atoms with Crippen LogP contribution in [0.4, 0.5) is 5.69 Å². The van der Waals surface area contributed by atoms with E-state index in [1.54, 1.807) is 21.3 Å². The van der Waals surface area contributed by atoms with Crippen molar-refractivity contribution < 1.29 is 9.47 Å². The average Bonchev–Trinajstić information content (AvgIpc) is 2.68. The SMILES string of the molecule is CN=C(NCc1cccc(N(C)C)c1)NCc1ccc(OC)cc1OC.I. The van der Waals surface area contributed by atoms with Crippen molar-refractivity contribution in [2.75, 3.05) is 40.3 Å². The van der Waals surface area contributed by atoms with Crippen molar-refractivity contribution in [2.24, 2.45) is 4.99 Å². The van der Waals surface area contributed by atoms with E-state index in [-0.39, 0.29) is 24.0 Å². The van der Waals surface area contributed by atoms with Crippen LogP contribution in [-0.4, -0.2) is 41.3 Å². The second-order valence-electron chi connectivity index (χ2n) is 6.02. The van der Waals surface area contributed by atoms with E-state index in [0.717, 1.165) is 23.0 Å². The Kier molecular flexibility index (Phi) is 9.77. The van der Waals surface area contributed by atoms with Crippen molar-refractivity contribution >= 4 is 35.6 Å². The van der Waals surface area contributed by atoms with Gasteiger partial charge in [-0.05, 0) is 29.8 Å². The van der Waals surface area contributed by atoms with Crippen molar-refractivity contribution in [3.63, 3.8) is 0 Å². The van der Waals surface area contributed by atoms with Gasteiger partial charge in [0.15, 0.2) is 5.96 Å². The van der Waals surface area contributed by atoms with Crippen LogP contribution in [-0.2, 0) is 13.1 Å². The summed E-state index contributed by atoms with van der Waals surface area (Å²) in [6.45, 7) is 1.30. The minimum absolute atomic E-state index is 0. The van der Waals surface area contributed by atoms with Gasteiger partial charge in [-0.25, -0.2) is 0 Å². The average molecular weight is 484 g/mol. The molecule has 2 aromatic rings. The van der Waals surface area contributed by atoms with Crippen LogP contribution in [0.5, 0.6) is 11.5 Å². The number of halogens is 1. The minimum Gasteiger partial charge on any atom is -0.497 e. The van der Waals surface area contributed by atoms with Gasteiger partial charge in [0.1, 0.15) is 11.5 Å². The normalized spacial score (nSPS) is 10.6. The lowest BCUT2D eigenvalue weighted by molar-refractivity contribution is 0.390. The number of rotatable bonds is 7. The molecule has 0 aliphatic carbocycles. The standard InChI is InChI=1S/C20H28N4O2.HI/c1-21-20(22-13-15-7-6-8-17(11-15)24(2)3)23-14-16-9-10-18(25-4)12-19(16)26-5;/h6-12H,13-14H2,1-5H3,(H2,21,22,23);1H. The number of hydrogen-bond donors (Lipinski definition) is 2. The van der Waals surface area contributed by atoms with Crippen molar-refractivity contribution in [3.8, 4) is 11.5 Å². The molecule has 0 saturated heterocycles. The number of benzene rings is 2. The summed E-state index contributed by atoms with van der Waals surface area (Å²) in [7, 11) is 9.13. The van der Waals surface area contributed by atoms with Gasteiger partial charge in [-0.2, -0.15) is 0 Å². The fraction of sp³-hybridized carbons (Fsp3) is 0.350. The molecule has 27 heavy (non-hydrogen) atoms. The van der Waals surface area contributed by atoms with Crippen LogP contribution < -0.4 is 25.0 Å². The van der Waals surface area contributed by atoms with Crippen LogP contribution in [0.3, 0.4) is 0 Å². The summed E-state index contributed by atoms with van der Waals surface area (Å²) in [5, 5.41) is 6.65. The van der Waals surface area contributed by atoms with Gasteiger partial charge < -0.3 is 25.0 Å². The summed E-state index contributed by atoms with van der Waals surface area (Å²) in [6.07, 6.45) is 0. The third-order valence-corrected chi connectivity index (χ3v) is 4.05. The molecule has 6 nitrogen and oxygen atoms in total.